The summed E-state index contributed by atoms with van der Waals surface area (Å²) in [7, 11) is 1.56. The summed E-state index contributed by atoms with van der Waals surface area (Å²) < 4.78 is 10.9. The number of ether oxygens (including phenoxy) is 2. The van der Waals surface area contributed by atoms with Gasteiger partial charge in [-0.05, 0) is 37.8 Å². The molecule has 0 aromatic carbocycles. The van der Waals surface area contributed by atoms with Gasteiger partial charge in [0.05, 0.1) is 13.5 Å². The van der Waals surface area contributed by atoms with Gasteiger partial charge in [-0.25, -0.2) is 4.98 Å². The molecule has 3 N–H and O–H groups in total. The van der Waals surface area contributed by atoms with Gasteiger partial charge in [0, 0.05) is 36.5 Å². The highest BCUT2D eigenvalue weighted by atomic mass is 16.5. The number of carbonyl (C=O) groups excluding carboxylic acids is 1. The first-order valence-corrected chi connectivity index (χ1v) is 10.0. The lowest BCUT2D eigenvalue weighted by Crippen LogP contribution is -2.20. The van der Waals surface area contributed by atoms with Crippen molar-refractivity contribution in [1.82, 2.24) is 20.5 Å². The molecule has 0 aliphatic heterocycles. The van der Waals surface area contributed by atoms with E-state index in [1.54, 1.807) is 19.4 Å². The molecule has 0 spiro atoms. The number of rotatable bonds is 10. The summed E-state index contributed by atoms with van der Waals surface area (Å²) in [6.45, 7) is 6.89. The van der Waals surface area contributed by atoms with Crippen LogP contribution in [0.2, 0.25) is 0 Å². The van der Waals surface area contributed by atoms with Crippen molar-refractivity contribution in [3.63, 3.8) is 0 Å². The number of nitrogens with one attached hydrogen (secondary N) is 3. The van der Waals surface area contributed by atoms with Crippen molar-refractivity contribution >= 4 is 11.7 Å². The molecule has 2 aromatic rings. The van der Waals surface area contributed by atoms with Gasteiger partial charge in [0.25, 0.3) is 0 Å². The van der Waals surface area contributed by atoms with E-state index in [1.165, 1.54) is 0 Å². The van der Waals surface area contributed by atoms with Crippen LogP contribution >= 0.6 is 0 Å². The van der Waals surface area contributed by atoms with Gasteiger partial charge in [0.15, 0.2) is 11.7 Å². The third-order valence-corrected chi connectivity index (χ3v) is 4.94. The summed E-state index contributed by atoms with van der Waals surface area (Å²) in [6, 6.07) is 5.46. The SMILES string of the molecule is C=C(NCCC)O[C@H]1CC[C@@H](c2cc(NC(=O)Cc3ccc(OC)nc3)n[nH]2)C1. The number of H-pyrrole nitrogens is 1. The lowest BCUT2D eigenvalue weighted by Gasteiger charge is -2.16. The molecule has 1 saturated carbocycles. The minimum absolute atomic E-state index is 0.138. The van der Waals surface area contributed by atoms with Crippen molar-refractivity contribution in [1.29, 1.82) is 0 Å². The number of nitrogens with zero attached hydrogens (tertiary/aromatic N) is 2. The predicted octanol–water partition coefficient (Wildman–Crippen LogP) is 3.12. The fraction of sp³-hybridized carbons (Fsp3) is 0.476. The molecule has 29 heavy (non-hydrogen) atoms. The Balaban J connectivity index is 1.47. The number of amides is 1. The third-order valence-electron chi connectivity index (χ3n) is 4.94. The van der Waals surface area contributed by atoms with E-state index >= 15 is 0 Å². The normalized spacial score (nSPS) is 18.3. The summed E-state index contributed by atoms with van der Waals surface area (Å²) in [5.41, 5.74) is 1.83. The zero-order chi connectivity index (χ0) is 20.6. The van der Waals surface area contributed by atoms with Crippen molar-refractivity contribution in [2.45, 2.75) is 51.0 Å². The van der Waals surface area contributed by atoms with Crippen LogP contribution < -0.4 is 15.4 Å². The van der Waals surface area contributed by atoms with Gasteiger partial charge in [0.2, 0.25) is 11.8 Å². The second-order valence-electron chi connectivity index (χ2n) is 7.24. The molecular weight excluding hydrogens is 370 g/mol. The zero-order valence-corrected chi connectivity index (χ0v) is 17.0. The molecule has 1 fully saturated rings. The van der Waals surface area contributed by atoms with Gasteiger partial charge in [-0.15, -0.1) is 0 Å². The molecule has 0 saturated heterocycles. The van der Waals surface area contributed by atoms with Crippen LogP contribution in [0.5, 0.6) is 5.88 Å². The van der Waals surface area contributed by atoms with E-state index in [-0.39, 0.29) is 18.4 Å². The Labute approximate surface area is 171 Å². The summed E-state index contributed by atoms with van der Waals surface area (Å²) in [4.78, 5) is 16.4. The van der Waals surface area contributed by atoms with Crippen molar-refractivity contribution < 1.29 is 14.3 Å². The highest BCUT2D eigenvalue weighted by Gasteiger charge is 2.29. The van der Waals surface area contributed by atoms with Crippen molar-refractivity contribution in [2.75, 3.05) is 19.0 Å². The van der Waals surface area contributed by atoms with Gasteiger partial charge in [-0.1, -0.05) is 13.0 Å². The maximum absolute atomic E-state index is 12.3. The first-order chi connectivity index (χ1) is 14.1. The molecule has 8 heteroatoms. The predicted molar refractivity (Wildman–Crippen MR) is 111 cm³/mol. The molecule has 2 atom stereocenters. The molecule has 1 amide bonds. The standard InChI is InChI=1S/C21H29N5O3/c1-4-9-22-14(2)29-17-7-6-16(11-17)18-12-19(26-25-18)24-20(27)10-15-5-8-21(28-3)23-13-15/h5,8,12-13,16-17,22H,2,4,6-7,9-11H2,1,3H3,(H2,24,25,26,27)/t16-,17+/m1/s1. The van der Waals surface area contributed by atoms with Crippen LogP contribution in [0.3, 0.4) is 0 Å². The lowest BCUT2D eigenvalue weighted by molar-refractivity contribution is -0.115. The molecule has 2 heterocycles. The Hall–Kier alpha value is -3.03. The third kappa shape index (κ3) is 5.97. The highest BCUT2D eigenvalue weighted by molar-refractivity contribution is 5.91. The van der Waals surface area contributed by atoms with E-state index in [4.69, 9.17) is 9.47 Å². The van der Waals surface area contributed by atoms with Gasteiger partial charge < -0.3 is 20.1 Å². The number of methoxy groups -OCH3 is 1. The number of carbonyl (C=O) groups is 1. The number of aromatic amines is 1. The molecule has 2 aromatic heterocycles. The molecule has 1 aliphatic carbocycles. The topological polar surface area (TPSA) is 101 Å². The Bertz CT molecular complexity index is 818. The Morgan fingerprint density at radius 3 is 2.97 bits per heavy atom. The second kappa shape index (κ2) is 9.95. The van der Waals surface area contributed by atoms with Gasteiger partial charge >= 0.3 is 0 Å². The van der Waals surface area contributed by atoms with Crippen molar-refractivity contribution in [2.24, 2.45) is 0 Å². The number of hydrogen-bond acceptors (Lipinski definition) is 6. The van der Waals surface area contributed by atoms with Crippen LogP contribution in [-0.4, -0.2) is 40.8 Å². The largest absolute Gasteiger partial charge is 0.481 e. The average Bonchev–Trinajstić information content (AvgIpc) is 3.36. The number of pyridine rings is 1. The van der Waals surface area contributed by atoms with Crippen molar-refractivity contribution in [3.8, 4) is 5.88 Å². The maximum Gasteiger partial charge on any atom is 0.230 e. The van der Waals surface area contributed by atoms with Crippen LogP contribution in [0.25, 0.3) is 0 Å². The van der Waals surface area contributed by atoms with E-state index in [2.05, 4.69) is 39.3 Å². The fourth-order valence-corrected chi connectivity index (χ4v) is 3.46. The van der Waals surface area contributed by atoms with Crippen LogP contribution in [0.1, 0.15) is 49.8 Å². The summed E-state index contributed by atoms with van der Waals surface area (Å²) in [5, 5.41) is 13.3. The minimum atomic E-state index is -0.138. The molecular formula is C21H29N5O3. The van der Waals surface area contributed by atoms with E-state index in [0.717, 1.165) is 43.5 Å². The van der Waals surface area contributed by atoms with Gasteiger partial charge in [-0.2, -0.15) is 5.10 Å². The first kappa shape index (κ1) is 20.7. The molecule has 3 rings (SSSR count). The molecule has 0 radical (unpaired) electrons. The molecule has 8 nitrogen and oxygen atoms in total. The molecule has 0 unspecified atom stereocenters. The Morgan fingerprint density at radius 2 is 2.24 bits per heavy atom. The highest BCUT2D eigenvalue weighted by Crippen LogP contribution is 2.36. The summed E-state index contributed by atoms with van der Waals surface area (Å²) >= 11 is 0. The smallest absolute Gasteiger partial charge is 0.230 e. The van der Waals surface area contributed by atoms with Crippen molar-refractivity contribution in [3.05, 3.63) is 48.1 Å². The first-order valence-electron chi connectivity index (χ1n) is 10.0. The number of anilines is 1. The molecule has 1 aliphatic rings. The van der Waals surface area contributed by atoms with E-state index in [9.17, 15) is 4.79 Å². The molecule has 156 valence electrons. The number of aromatic nitrogens is 3. The monoisotopic (exact) mass is 399 g/mol. The summed E-state index contributed by atoms with van der Waals surface area (Å²) in [5.74, 6) is 1.89. The lowest BCUT2D eigenvalue weighted by atomic mass is 10.0. The summed E-state index contributed by atoms with van der Waals surface area (Å²) in [6.07, 6.45) is 5.94. The van der Waals surface area contributed by atoms with Crippen LogP contribution in [-0.2, 0) is 16.0 Å². The Kier molecular flexibility index (Phi) is 7.10. The minimum Gasteiger partial charge on any atom is -0.481 e. The average molecular weight is 399 g/mol. The van der Waals surface area contributed by atoms with E-state index < -0.39 is 0 Å². The Morgan fingerprint density at radius 1 is 1.38 bits per heavy atom. The molecule has 0 bridgehead atoms. The second-order valence-corrected chi connectivity index (χ2v) is 7.24. The quantitative estimate of drug-likeness (QED) is 0.531. The van der Waals surface area contributed by atoms with Crippen LogP contribution in [0, 0.1) is 0 Å². The van der Waals surface area contributed by atoms with Crippen LogP contribution in [0.4, 0.5) is 5.82 Å². The fourth-order valence-electron chi connectivity index (χ4n) is 3.46. The van der Waals surface area contributed by atoms with Gasteiger partial charge in [-0.3, -0.25) is 9.89 Å². The number of hydrogen-bond donors (Lipinski definition) is 3. The van der Waals surface area contributed by atoms with Gasteiger partial charge in [0.1, 0.15) is 6.10 Å². The zero-order valence-electron chi connectivity index (χ0n) is 17.0. The maximum atomic E-state index is 12.3. The van der Waals surface area contributed by atoms with E-state index in [1.807, 2.05) is 12.1 Å². The van der Waals surface area contributed by atoms with Crippen LogP contribution in [0.15, 0.2) is 36.9 Å². The van der Waals surface area contributed by atoms with E-state index in [0.29, 0.717) is 23.5 Å².